The lowest BCUT2D eigenvalue weighted by Crippen LogP contribution is -2.23. The number of aliphatic imine (C=N–C) groups is 1. The Kier molecular flexibility index (Phi) is 2.68. The minimum absolute atomic E-state index is 0.218. The second-order valence-corrected chi connectivity index (χ2v) is 2.52. The Bertz CT molecular complexity index is 134. The number of aliphatic hydroxyl groups is 1. The van der Waals surface area contributed by atoms with Gasteiger partial charge < -0.3 is 10.4 Å². The van der Waals surface area contributed by atoms with Crippen LogP contribution in [0, 0.1) is 0 Å². The van der Waals surface area contributed by atoms with Gasteiger partial charge in [-0.2, -0.15) is 0 Å². The van der Waals surface area contributed by atoms with Crippen molar-refractivity contribution in [1.29, 1.82) is 0 Å². The maximum Gasteiger partial charge on any atom is 0.0990 e. The molecule has 0 spiro atoms. The number of nitrogens with zero attached hydrogens (tertiary/aromatic N) is 1. The molecule has 1 aliphatic rings. The molecule has 0 aromatic rings. The summed E-state index contributed by atoms with van der Waals surface area (Å²) < 4.78 is 0. The Labute approximate surface area is 61.2 Å². The van der Waals surface area contributed by atoms with Crippen molar-refractivity contribution in [3.63, 3.8) is 0 Å². The highest BCUT2D eigenvalue weighted by molar-refractivity contribution is 5.83. The van der Waals surface area contributed by atoms with Gasteiger partial charge in [0, 0.05) is 13.0 Å². The van der Waals surface area contributed by atoms with E-state index in [1.165, 1.54) is 0 Å². The molecule has 0 aliphatic carbocycles. The normalized spacial score (nSPS) is 20.0. The molecule has 1 aliphatic heterocycles. The molecule has 0 radical (unpaired) electrons. The van der Waals surface area contributed by atoms with Crippen LogP contribution in [0.4, 0.5) is 0 Å². The van der Waals surface area contributed by atoms with E-state index in [4.69, 9.17) is 0 Å². The molecule has 0 bridgehead atoms. The molecule has 1 heterocycles. The lowest BCUT2D eigenvalue weighted by atomic mass is 10.2. The summed E-state index contributed by atoms with van der Waals surface area (Å²) in [6, 6.07) is 0. The highest BCUT2D eigenvalue weighted by Crippen LogP contribution is 1.99. The fourth-order valence-corrected chi connectivity index (χ4v) is 0.951. The molecule has 0 saturated heterocycles. The minimum Gasteiger partial charge on any atom is -0.393 e. The van der Waals surface area contributed by atoms with Crippen molar-refractivity contribution in [2.24, 2.45) is 4.99 Å². The van der Waals surface area contributed by atoms with Gasteiger partial charge in [-0.25, -0.2) is 0 Å². The van der Waals surface area contributed by atoms with Crippen molar-refractivity contribution in [3.05, 3.63) is 0 Å². The number of hydrogen-bond donors (Lipinski definition) is 2. The van der Waals surface area contributed by atoms with E-state index in [1.807, 2.05) is 6.92 Å². The van der Waals surface area contributed by atoms with Gasteiger partial charge in [-0.3, -0.25) is 4.99 Å². The summed E-state index contributed by atoms with van der Waals surface area (Å²) in [4.78, 5) is 4.17. The number of hydrogen-bond acceptors (Lipinski definition) is 3. The summed E-state index contributed by atoms with van der Waals surface area (Å²) in [5, 5.41) is 12.3. The van der Waals surface area contributed by atoms with Crippen molar-refractivity contribution < 1.29 is 5.11 Å². The van der Waals surface area contributed by atoms with Gasteiger partial charge in [0.25, 0.3) is 0 Å². The zero-order valence-electron chi connectivity index (χ0n) is 6.30. The first-order valence-electron chi connectivity index (χ1n) is 3.78. The van der Waals surface area contributed by atoms with Gasteiger partial charge in [0.1, 0.15) is 0 Å². The average Bonchev–Trinajstić information content (AvgIpc) is 2.40. The molecule has 0 saturated carbocycles. The van der Waals surface area contributed by atoms with Gasteiger partial charge in [-0.15, -0.1) is 0 Å². The van der Waals surface area contributed by atoms with E-state index < -0.39 is 0 Å². The van der Waals surface area contributed by atoms with E-state index >= 15 is 0 Å². The van der Waals surface area contributed by atoms with Crippen molar-refractivity contribution in [2.45, 2.75) is 25.9 Å². The molecule has 0 fully saturated rings. The lowest BCUT2D eigenvalue weighted by Gasteiger charge is -2.06. The Hall–Kier alpha value is -0.570. The summed E-state index contributed by atoms with van der Waals surface area (Å²) >= 11 is 0. The summed E-state index contributed by atoms with van der Waals surface area (Å²) in [7, 11) is 0. The number of aliphatic hydroxyl groups excluding tert-OH is 1. The van der Waals surface area contributed by atoms with Crippen LogP contribution < -0.4 is 5.32 Å². The summed E-state index contributed by atoms with van der Waals surface area (Å²) in [5.74, 6) is 0.967. The van der Waals surface area contributed by atoms with Crippen LogP contribution >= 0.6 is 0 Å². The lowest BCUT2D eigenvalue weighted by molar-refractivity contribution is 0.177. The standard InChI is InChI=1S/C7H14N2O/c1-2-6(10)5-7-8-3-4-9-7/h6,10H,2-5H2,1H3,(H,8,9). The fraction of sp³-hybridized carbons (Fsp3) is 0.857. The Morgan fingerprint density at radius 1 is 1.80 bits per heavy atom. The number of nitrogens with one attached hydrogen (secondary N) is 1. The highest BCUT2D eigenvalue weighted by atomic mass is 16.3. The van der Waals surface area contributed by atoms with Crippen molar-refractivity contribution in [2.75, 3.05) is 13.1 Å². The number of rotatable bonds is 3. The minimum atomic E-state index is -0.218. The van der Waals surface area contributed by atoms with Crippen molar-refractivity contribution in [3.8, 4) is 0 Å². The molecule has 1 atom stereocenters. The Morgan fingerprint density at radius 2 is 2.60 bits per heavy atom. The van der Waals surface area contributed by atoms with Crippen LogP contribution in [0.25, 0.3) is 0 Å². The van der Waals surface area contributed by atoms with E-state index in [0.717, 1.165) is 25.3 Å². The first kappa shape index (κ1) is 7.54. The molecule has 3 heteroatoms. The molecule has 1 rings (SSSR count). The first-order chi connectivity index (χ1) is 4.83. The van der Waals surface area contributed by atoms with Gasteiger partial charge >= 0.3 is 0 Å². The zero-order chi connectivity index (χ0) is 7.40. The van der Waals surface area contributed by atoms with E-state index in [2.05, 4.69) is 10.3 Å². The summed E-state index contributed by atoms with van der Waals surface area (Å²) in [6.07, 6.45) is 1.28. The topological polar surface area (TPSA) is 44.6 Å². The van der Waals surface area contributed by atoms with E-state index in [-0.39, 0.29) is 6.10 Å². The predicted molar refractivity (Wildman–Crippen MR) is 41.2 cm³/mol. The van der Waals surface area contributed by atoms with E-state index in [0.29, 0.717) is 6.42 Å². The third kappa shape index (κ3) is 1.99. The highest BCUT2D eigenvalue weighted by Gasteiger charge is 2.08. The summed E-state index contributed by atoms with van der Waals surface area (Å²) in [6.45, 7) is 3.78. The van der Waals surface area contributed by atoms with Crippen LogP contribution in [0.15, 0.2) is 4.99 Å². The third-order valence-corrected chi connectivity index (χ3v) is 1.64. The van der Waals surface area contributed by atoms with Crippen LogP contribution in [0.3, 0.4) is 0 Å². The summed E-state index contributed by atoms with van der Waals surface area (Å²) in [5.41, 5.74) is 0. The molecule has 2 N–H and O–H groups in total. The number of amidine groups is 1. The molecule has 0 aromatic carbocycles. The second-order valence-electron chi connectivity index (χ2n) is 2.52. The van der Waals surface area contributed by atoms with Crippen molar-refractivity contribution in [1.82, 2.24) is 5.32 Å². The Balaban J connectivity index is 2.23. The molecule has 3 nitrogen and oxygen atoms in total. The average molecular weight is 142 g/mol. The van der Waals surface area contributed by atoms with Gasteiger partial charge in [0.15, 0.2) is 0 Å². The van der Waals surface area contributed by atoms with Crippen LogP contribution in [-0.2, 0) is 0 Å². The van der Waals surface area contributed by atoms with Crippen LogP contribution in [0.1, 0.15) is 19.8 Å². The smallest absolute Gasteiger partial charge is 0.0990 e. The molecule has 0 aromatic heterocycles. The molecular formula is C7H14N2O. The van der Waals surface area contributed by atoms with E-state index in [1.54, 1.807) is 0 Å². The van der Waals surface area contributed by atoms with Gasteiger partial charge in [0.05, 0.1) is 18.5 Å². The monoisotopic (exact) mass is 142 g/mol. The maximum atomic E-state index is 9.20. The predicted octanol–water partition coefficient (Wildman–Crippen LogP) is 0.149. The van der Waals surface area contributed by atoms with Gasteiger partial charge in [-0.05, 0) is 6.42 Å². The molecular weight excluding hydrogens is 128 g/mol. The van der Waals surface area contributed by atoms with Crippen molar-refractivity contribution >= 4 is 5.84 Å². The second kappa shape index (κ2) is 3.56. The first-order valence-corrected chi connectivity index (χ1v) is 3.78. The molecule has 10 heavy (non-hydrogen) atoms. The van der Waals surface area contributed by atoms with Gasteiger partial charge in [0.2, 0.25) is 0 Å². The molecule has 58 valence electrons. The largest absolute Gasteiger partial charge is 0.393 e. The fourth-order valence-electron chi connectivity index (χ4n) is 0.951. The van der Waals surface area contributed by atoms with Gasteiger partial charge in [-0.1, -0.05) is 6.92 Å². The molecule has 0 amide bonds. The third-order valence-electron chi connectivity index (χ3n) is 1.64. The van der Waals surface area contributed by atoms with Crippen LogP contribution in [0.2, 0.25) is 0 Å². The van der Waals surface area contributed by atoms with E-state index in [9.17, 15) is 5.11 Å². The van der Waals surface area contributed by atoms with Crippen LogP contribution in [0.5, 0.6) is 0 Å². The maximum absolute atomic E-state index is 9.20. The quantitative estimate of drug-likeness (QED) is 0.589. The van der Waals surface area contributed by atoms with Crippen LogP contribution in [-0.4, -0.2) is 30.1 Å². The SMILES string of the molecule is CCC(O)CC1=NCCN1. The molecule has 1 unspecified atom stereocenters. The zero-order valence-corrected chi connectivity index (χ0v) is 6.30. The Morgan fingerprint density at radius 3 is 3.10 bits per heavy atom.